The van der Waals surface area contributed by atoms with Gasteiger partial charge >= 0.3 is 5.97 Å². The number of hydrogen-bond acceptors (Lipinski definition) is 6. The molecule has 176 valence electrons. The maximum absolute atomic E-state index is 13.0. The van der Waals surface area contributed by atoms with Gasteiger partial charge in [-0.25, -0.2) is 13.2 Å². The summed E-state index contributed by atoms with van der Waals surface area (Å²) in [5.74, 6) is -0.495. The molecule has 2 aromatic carbocycles. The summed E-state index contributed by atoms with van der Waals surface area (Å²) < 4.78 is 39.0. The van der Waals surface area contributed by atoms with E-state index in [1.165, 1.54) is 42.6 Å². The van der Waals surface area contributed by atoms with E-state index < -0.39 is 16.0 Å². The molecule has 0 unspecified atom stereocenters. The number of ether oxygens (including phenoxy) is 2. The molecule has 0 saturated heterocycles. The van der Waals surface area contributed by atoms with Crippen molar-refractivity contribution in [3.63, 3.8) is 0 Å². The number of aliphatic imine (C=N–C) groups is 1. The second kappa shape index (κ2) is 11.6. The normalized spacial score (nSPS) is 12.0. The lowest BCUT2D eigenvalue weighted by Gasteiger charge is -2.15. The van der Waals surface area contributed by atoms with Crippen LogP contribution < -0.4 is 9.46 Å². The van der Waals surface area contributed by atoms with Gasteiger partial charge in [-0.15, -0.1) is 0 Å². The van der Waals surface area contributed by atoms with Gasteiger partial charge in [0.15, 0.2) is 0 Å². The van der Waals surface area contributed by atoms with Crippen LogP contribution in [0.2, 0.25) is 10.0 Å². The Kier molecular flexibility index (Phi) is 9.36. The summed E-state index contributed by atoms with van der Waals surface area (Å²) in [6.07, 6.45) is 2.80. The number of carbonyl (C=O) groups excluding carboxylic acids is 1. The maximum Gasteiger partial charge on any atom is 0.342 e. The Hall–Kier alpha value is -2.52. The van der Waals surface area contributed by atoms with Crippen molar-refractivity contribution >= 4 is 62.7 Å². The van der Waals surface area contributed by atoms with Crippen molar-refractivity contribution in [1.82, 2.24) is 0 Å². The lowest BCUT2D eigenvalue weighted by atomic mass is 10.2. The minimum atomic E-state index is -4.10. The molecular weight excluding hydrogens is 511 g/mol. The summed E-state index contributed by atoms with van der Waals surface area (Å²) in [7, 11) is -2.54. The average Bonchev–Trinajstić information content (AvgIpc) is 2.68. The van der Waals surface area contributed by atoms with E-state index >= 15 is 0 Å². The summed E-state index contributed by atoms with van der Waals surface area (Å²) in [6.45, 7) is 7.05. The first kappa shape index (κ1) is 26.7. The molecule has 0 aromatic heterocycles. The minimum absolute atomic E-state index is 0.0224. The van der Waals surface area contributed by atoms with E-state index in [2.05, 4.69) is 16.3 Å². The summed E-state index contributed by atoms with van der Waals surface area (Å²) in [5, 5.41) is 0.538. The van der Waals surface area contributed by atoms with Crippen LogP contribution in [0.5, 0.6) is 5.75 Å². The molecule has 0 amide bonds. The SMILES string of the molecule is C=C(/C=C(/Cl)C=NC)Oc1ccc(NS(=O)(=O)c2c(C)cc(Cl)cc2Cl)cc1C(=O)OCC. The van der Waals surface area contributed by atoms with Gasteiger partial charge in [-0.1, -0.05) is 41.4 Å². The molecular formula is C22H21Cl3N2O5S. The van der Waals surface area contributed by atoms with Crippen LogP contribution in [0.15, 0.2) is 63.7 Å². The summed E-state index contributed by atoms with van der Waals surface area (Å²) in [6, 6.07) is 6.92. The standard InChI is InChI=1S/C22H21Cl3N2O5S/c1-5-31-22(28)18-11-17(6-7-20(18)32-14(3)9-16(24)12-26-4)27-33(29,30)21-13(2)8-15(23)10-19(21)25/h6-12,27H,3,5H2,1-2,4H3/b16-9+,26-12?. The van der Waals surface area contributed by atoms with E-state index in [-0.39, 0.29) is 44.3 Å². The molecule has 0 spiro atoms. The Labute approximate surface area is 207 Å². The molecule has 0 aliphatic carbocycles. The zero-order valence-electron chi connectivity index (χ0n) is 18.0. The maximum atomic E-state index is 13.0. The van der Waals surface area contributed by atoms with Crippen LogP contribution in [0.4, 0.5) is 5.69 Å². The Morgan fingerprint density at radius 3 is 2.55 bits per heavy atom. The van der Waals surface area contributed by atoms with Crippen LogP contribution in [0.1, 0.15) is 22.8 Å². The smallest absolute Gasteiger partial charge is 0.342 e. The highest BCUT2D eigenvalue weighted by molar-refractivity contribution is 7.92. The molecule has 0 radical (unpaired) electrons. The number of rotatable bonds is 9. The first-order chi connectivity index (χ1) is 15.5. The molecule has 0 fully saturated rings. The number of allylic oxidation sites excluding steroid dienone is 2. The Morgan fingerprint density at radius 2 is 1.94 bits per heavy atom. The molecule has 0 aliphatic heterocycles. The van der Waals surface area contributed by atoms with Crippen molar-refractivity contribution < 1.29 is 22.7 Å². The monoisotopic (exact) mass is 530 g/mol. The third-order valence-corrected chi connectivity index (χ3v) is 6.40. The van der Waals surface area contributed by atoms with E-state index in [0.29, 0.717) is 10.6 Å². The highest BCUT2D eigenvalue weighted by Gasteiger charge is 2.23. The molecule has 0 bridgehead atoms. The van der Waals surface area contributed by atoms with Crippen molar-refractivity contribution in [2.75, 3.05) is 18.4 Å². The van der Waals surface area contributed by atoms with E-state index in [1.54, 1.807) is 20.9 Å². The van der Waals surface area contributed by atoms with Gasteiger partial charge in [0, 0.05) is 30.0 Å². The summed E-state index contributed by atoms with van der Waals surface area (Å²) in [5.41, 5.74) is 0.431. The predicted molar refractivity (Wildman–Crippen MR) is 133 cm³/mol. The van der Waals surface area contributed by atoms with Crippen LogP contribution in [0.25, 0.3) is 0 Å². The topological polar surface area (TPSA) is 94.1 Å². The quantitative estimate of drug-likeness (QED) is 0.185. The first-order valence-electron chi connectivity index (χ1n) is 9.44. The van der Waals surface area contributed by atoms with Crippen molar-refractivity contribution in [3.05, 3.63) is 75.0 Å². The summed E-state index contributed by atoms with van der Waals surface area (Å²) >= 11 is 18.0. The molecule has 2 aromatic rings. The van der Waals surface area contributed by atoms with Crippen molar-refractivity contribution in [2.45, 2.75) is 18.7 Å². The highest BCUT2D eigenvalue weighted by atomic mass is 35.5. The van der Waals surface area contributed by atoms with Gasteiger partial charge in [0.25, 0.3) is 10.0 Å². The second-order valence-corrected chi connectivity index (χ2v) is 9.45. The number of sulfonamides is 1. The van der Waals surface area contributed by atoms with E-state index in [0.717, 1.165) is 0 Å². The molecule has 11 heteroatoms. The van der Waals surface area contributed by atoms with Crippen LogP contribution in [-0.2, 0) is 14.8 Å². The lowest BCUT2D eigenvalue weighted by molar-refractivity contribution is 0.0523. The predicted octanol–water partition coefficient (Wildman–Crippen LogP) is 6.00. The number of nitrogens with one attached hydrogen (secondary N) is 1. The fourth-order valence-corrected chi connectivity index (χ4v) is 5.23. The van der Waals surface area contributed by atoms with Gasteiger partial charge in [-0.05, 0) is 49.7 Å². The van der Waals surface area contributed by atoms with Gasteiger partial charge in [0.1, 0.15) is 22.0 Å². The van der Waals surface area contributed by atoms with Gasteiger partial charge in [0.2, 0.25) is 0 Å². The van der Waals surface area contributed by atoms with Crippen LogP contribution in [0, 0.1) is 6.92 Å². The molecule has 0 heterocycles. The fourth-order valence-electron chi connectivity index (χ4n) is 2.77. The number of esters is 1. The van der Waals surface area contributed by atoms with Crippen molar-refractivity contribution in [1.29, 1.82) is 0 Å². The van der Waals surface area contributed by atoms with Gasteiger partial charge in [-0.2, -0.15) is 0 Å². The molecule has 0 aliphatic rings. The zero-order valence-corrected chi connectivity index (χ0v) is 21.1. The zero-order chi connectivity index (χ0) is 24.8. The molecule has 2 rings (SSSR count). The van der Waals surface area contributed by atoms with Crippen LogP contribution >= 0.6 is 34.8 Å². The first-order valence-corrected chi connectivity index (χ1v) is 12.1. The molecule has 0 saturated carbocycles. The summed E-state index contributed by atoms with van der Waals surface area (Å²) in [4.78, 5) is 16.1. The van der Waals surface area contributed by atoms with Gasteiger partial charge in [0.05, 0.1) is 16.7 Å². The number of hydrogen-bond donors (Lipinski definition) is 1. The molecule has 0 atom stereocenters. The number of carbonyl (C=O) groups is 1. The van der Waals surface area contributed by atoms with Crippen molar-refractivity contribution in [2.24, 2.45) is 4.99 Å². The number of halogens is 3. The van der Waals surface area contributed by atoms with Crippen LogP contribution in [0.3, 0.4) is 0 Å². The number of anilines is 1. The van der Waals surface area contributed by atoms with Crippen LogP contribution in [-0.4, -0.2) is 34.3 Å². The number of benzene rings is 2. The van der Waals surface area contributed by atoms with Crippen molar-refractivity contribution in [3.8, 4) is 5.75 Å². The number of nitrogens with zero attached hydrogens (tertiary/aromatic N) is 1. The lowest BCUT2D eigenvalue weighted by Crippen LogP contribution is -2.16. The van der Waals surface area contributed by atoms with E-state index in [4.69, 9.17) is 44.3 Å². The Bertz CT molecular complexity index is 1220. The minimum Gasteiger partial charge on any atom is -0.462 e. The molecule has 7 nitrogen and oxygen atoms in total. The van der Waals surface area contributed by atoms with Gasteiger partial charge in [-0.3, -0.25) is 9.71 Å². The average molecular weight is 532 g/mol. The molecule has 1 N–H and O–H groups in total. The van der Waals surface area contributed by atoms with E-state index in [9.17, 15) is 13.2 Å². The Morgan fingerprint density at radius 1 is 1.24 bits per heavy atom. The highest BCUT2D eigenvalue weighted by Crippen LogP contribution is 2.32. The Balaban J connectivity index is 2.44. The number of aryl methyl sites for hydroxylation is 1. The second-order valence-electron chi connectivity index (χ2n) is 6.56. The van der Waals surface area contributed by atoms with E-state index in [1.807, 2.05) is 0 Å². The molecule has 33 heavy (non-hydrogen) atoms. The third-order valence-electron chi connectivity index (χ3n) is 3.98. The largest absolute Gasteiger partial charge is 0.462 e. The van der Waals surface area contributed by atoms with Gasteiger partial charge < -0.3 is 9.47 Å². The third kappa shape index (κ3) is 7.23. The fraction of sp³-hybridized carbons (Fsp3) is 0.182.